The first kappa shape index (κ1) is 14.9. The number of hydrogen-bond acceptors (Lipinski definition) is 3. The van der Waals surface area contributed by atoms with Crippen LogP contribution < -0.4 is 5.73 Å². The van der Waals surface area contributed by atoms with Gasteiger partial charge < -0.3 is 5.73 Å². The van der Waals surface area contributed by atoms with Gasteiger partial charge in [-0.15, -0.1) is 0 Å². The SMILES string of the molecule is CC(N)C(Sc1ccc(Cl)cn1)c1ccccc1Br. The zero-order valence-electron chi connectivity index (χ0n) is 10.4. The van der Waals surface area contributed by atoms with Crippen molar-refractivity contribution in [3.05, 3.63) is 57.7 Å². The lowest BCUT2D eigenvalue weighted by molar-refractivity contribution is 0.718. The van der Waals surface area contributed by atoms with Gasteiger partial charge in [0.1, 0.15) is 0 Å². The number of hydrogen-bond donors (Lipinski definition) is 1. The van der Waals surface area contributed by atoms with E-state index in [2.05, 4.69) is 27.0 Å². The molecule has 0 spiro atoms. The molecular formula is C14H14BrClN2S. The van der Waals surface area contributed by atoms with Gasteiger partial charge in [0.15, 0.2) is 0 Å². The third-order valence-electron chi connectivity index (χ3n) is 2.64. The predicted molar refractivity (Wildman–Crippen MR) is 85.6 cm³/mol. The average molecular weight is 358 g/mol. The minimum atomic E-state index is 0.0150. The van der Waals surface area contributed by atoms with Crippen LogP contribution in [0, 0.1) is 0 Å². The molecule has 0 aliphatic rings. The third-order valence-corrected chi connectivity index (χ3v) is 5.00. The molecule has 0 radical (unpaired) electrons. The fourth-order valence-corrected chi connectivity index (χ4v) is 3.58. The van der Waals surface area contributed by atoms with Gasteiger partial charge in [0.05, 0.1) is 15.3 Å². The molecule has 2 nitrogen and oxygen atoms in total. The Morgan fingerprint density at radius 3 is 2.58 bits per heavy atom. The lowest BCUT2D eigenvalue weighted by Crippen LogP contribution is -2.23. The topological polar surface area (TPSA) is 38.9 Å². The van der Waals surface area contributed by atoms with Gasteiger partial charge >= 0.3 is 0 Å². The van der Waals surface area contributed by atoms with Crippen LogP contribution >= 0.6 is 39.3 Å². The Morgan fingerprint density at radius 1 is 1.26 bits per heavy atom. The summed E-state index contributed by atoms with van der Waals surface area (Å²) in [6.07, 6.45) is 1.65. The van der Waals surface area contributed by atoms with Crippen molar-refractivity contribution in [2.75, 3.05) is 0 Å². The van der Waals surface area contributed by atoms with Gasteiger partial charge in [-0.3, -0.25) is 0 Å². The first-order valence-electron chi connectivity index (χ1n) is 5.86. The number of thioether (sulfide) groups is 1. The van der Waals surface area contributed by atoms with E-state index in [1.54, 1.807) is 18.0 Å². The van der Waals surface area contributed by atoms with E-state index >= 15 is 0 Å². The Balaban J connectivity index is 2.27. The number of aromatic nitrogens is 1. The highest BCUT2D eigenvalue weighted by Crippen LogP contribution is 2.39. The zero-order valence-corrected chi connectivity index (χ0v) is 13.5. The normalized spacial score (nSPS) is 14.1. The van der Waals surface area contributed by atoms with Crippen molar-refractivity contribution in [2.45, 2.75) is 23.2 Å². The predicted octanol–water partition coefficient (Wildman–Crippen LogP) is 4.68. The minimum absolute atomic E-state index is 0.0150. The first-order valence-corrected chi connectivity index (χ1v) is 7.91. The second-order valence-electron chi connectivity index (χ2n) is 4.23. The number of pyridine rings is 1. The van der Waals surface area contributed by atoms with Gasteiger partial charge in [-0.2, -0.15) is 0 Å². The summed E-state index contributed by atoms with van der Waals surface area (Å²) in [5, 5.41) is 1.70. The second-order valence-corrected chi connectivity index (χ2v) is 6.69. The van der Waals surface area contributed by atoms with E-state index in [9.17, 15) is 0 Å². The molecule has 2 unspecified atom stereocenters. The molecule has 0 fully saturated rings. The molecule has 0 saturated heterocycles. The van der Waals surface area contributed by atoms with Gasteiger partial charge in [-0.25, -0.2) is 4.98 Å². The molecule has 1 aromatic heterocycles. The maximum atomic E-state index is 6.12. The summed E-state index contributed by atoms with van der Waals surface area (Å²) < 4.78 is 1.07. The van der Waals surface area contributed by atoms with E-state index in [1.807, 2.05) is 37.3 Å². The summed E-state index contributed by atoms with van der Waals surface area (Å²) in [7, 11) is 0. The van der Waals surface area contributed by atoms with Gasteiger partial charge in [-0.05, 0) is 30.7 Å². The highest BCUT2D eigenvalue weighted by atomic mass is 79.9. The molecule has 19 heavy (non-hydrogen) atoms. The van der Waals surface area contributed by atoms with Crippen molar-refractivity contribution >= 4 is 39.3 Å². The van der Waals surface area contributed by atoms with Crippen molar-refractivity contribution in [3.63, 3.8) is 0 Å². The largest absolute Gasteiger partial charge is 0.327 e. The van der Waals surface area contributed by atoms with E-state index in [-0.39, 0.29) is 11.3 Å². The number of nitrogens with two attached hydrogens (primary N) is 1. The van der Waals surface area contributed by atoms with Gasteiger partial charge in [-0.1, -0.05) is 57.5 Å². The molecule has 0 aliphatic carbocycles. The zero-order chi connectivity index (χ0) is 13.8. The second kappa shape index (κ2) is 6.75. The van der Waals surface area contributed by atoms with Crippen LogP contribution in [0.15, 0.2) is 52.1 Å². The minimum Gasteiger partial charge on any atom is -0.327 e. The maximum absolute atomic E-state index is 6.12. The van der Waals surface area contributed by atoms with Crippen molar-refractivity contribution < 1.29 is 0 Å². The average Bonchev–Trinajstić information content (AvgIpc) is 2.39. The monoisotopic (exact) mass is 356 g/mol. The van der Waals surface area contributed by atoms with Crippen LogP contribution in [0.4, 0.5) is 0 Å². The fourth-order valence-electron chi connectivity index (χ4n) is 1.72. The number of benzene rings is 1. The highest BCUT2D eigenvalue weighted by Gasteiger charge is 2.20. The lowest BCUT2D eigenvalue weighted by atomic mass is 10.1. The summed E-state index contributed by atoms with van der Waals surface area (Å²) in [6, 6.07) is 11.9. The van der Waals surface area contributed by atoms with Crippen molar-refractivity contribution in [1.29, 1.82) is 0 Å². The van der Waals surface area contributed by atoms with E-state index < -0.39 is 0 Å². The summed E-state index contributed by atoms with van der Waals surface area (Å²) >= 11 is 11.1. The Bertz CT molecular complexity index is 545. The summed E-state index contributed by atoms with van der Waals surface area (Å²) in [6.45, 7) is 2.01. The van der Waals surface area contributed by atoms with Crippen LogP contribution in [-0.4, -0.2) is 11.0 Å². The Kier molecular flexibility index (Phi) is 5.28. The van der Waals surface area contributed by atoms with E-state index in [1.165, 1.54) is 5.56 Å². The molecule has 1 aromatic carbocycles. The Morgan fingerprint density at radius 2 is 2.00 bits per heavy atom. The van der Waals surface area contributed by atoms with Crippen LogP contribution in [0.25, 0.3) is 0 Å². The number of rotatable bonds is 4. The molecule has 2 atom stereocenters. The van der Waals surface area contributed by atoms with Gasteiger partial charge in [0.25, 0.3) is 0 Å². The molecule has 2 rings (SSSR count). The van der Waals surface area contributed by atoms with Crippen LogP contribution in [0.3, 0.4) is 0 Å². The lowest BCUT2D eigenvalue weighted by Gasteiger charge is -2.21. The molecular weight excluding hydrogens is 344 g/mol. The van der Waals surface area contributed by atoms with Crippen molar-refractivity contribution in [3.8, 4) is 0 Å². The van der Waals surface area contributed by atoms with Crippen LogP contribution in [-0.2, 0) is 0 Å². The summed E-state index contributed by atoms with van der Waals surface area (Å²) in [5.74, 6) is 0. The maximum Gasteiger partial charge on any atom is 0.0967 e. The van der Waals surface area contributed by atoms with Crippen LogP contribution in [0.5, 0.6) is 0 Å². The first-order chi connectivity index (χ1) is 9.08. The summed E-state index contributed by atoms with van der Waals surface area (Å²) in [4.78, 5) is 4.32. The Hall–Kier alpha value is -0.550. The standard InChI is InChI=1S/C14H14BrClN2S/c1-9(17)14(11-4-2-3-5-12(11)15)19-13-7-6-10(16)8-18-13/h2-9,14H,17H2,1H3. The number of halogens is 2. The molecule has 100 valence electrons. The molecule has 1 heterocycles. The highest BCUT2D eigenvalue weighted by molar-refractivity contribution is 9.10. The third kappa shape index (κ3) is 3.96. The number of nitrogens with zero attached hydrogens (tertiary/aromatic N) is 1. The van der Waals surface area contributed by atoms with E-state index in [0.717, 1.165) is 9.50 Å². The molecule has 0 amide bonds. The fraction of sp³-hybridized carbons (Fsp3) is 0.214. The molecule has 5 heteroatoms. The van der Waals surface area contributed by atoms with Crippen molar-refractivity contribution in [1.82, 2.24) is 4.98 Å². The smallest absolute Gasteiger partial charge is 0.0967 e. The quantitative estimate of drug-likeness (QED) is 0.808. The van der Waals surface area contributed by atoms with Crippen LogP contribution in [0.1, 0.15) is 17.7 Å². The molecule has 0 bridgehead atoms. The molecule has 0 aliphatic heterocycles. The molecule has 0 saturated carbocycles. The van der Waals surface area contributed by atoms with Crippen LogP contribution in [0.2, 0.25) is 5.02 Å². The van der Waals surface area contributed by atoms with E-state index in [0.29, 0.717) is 5.02 Å². The van der Waals surface area contributed by atoms with E-state index in [4.69, 9.17) is 17.3 Å². The Labute approximate surface area is 130 Å². The summed E-state index contributed by atoms with van der Waals surface area (Å²) in [5.41, 5.74) is 7.30. The van der Waals surface area contributed by atoms with Gasteiger partial charge in [0.2, 0.25) is 0 Å². The molecule has 2 N–H and O–H groups in total. The molecule has 2 aromatic rings. The van der Waals surface area contributed by atoms with Gasteiger partial charge in [0, 0.05) is 16.7 Å². The van der Waals surface area contributed by atoms with Crippen molar-refractivity contribution in [2.24, 2.45) is 5.73 Å².